The Morgan fingerprint density at radius 2 is 2.00 bits per heavy atom. The van der Waals surface area contributed by atoms with Gasteiger partial charge in [-0.05, 0) is 35.7 Å². The van der Waals surface area contributed by atoms with Gasteiger partial charge in [0.15, 0.2) is 0 Å². The molecule has 1 aliphatic heterocycles. The van der Waals surface area contributed by atoms with Crippen molar-refractivity contribution in [3.05, 3.63) is 69.3 Å². The van der Waals surface area contributed by atoms with E-state index in [2.05, 4.69) is 21.7 Å². The summed E-state index contributed by atoms with van der Waals surface area (Å²) in [6.45, 7) is 0. The number of aromatic amines is 1. The van der Waals surface area contributed by atoms with E-state index in [1.165, 1.54) is 0 Å². The number of H-pyrrole nitrogens is 1. The molecule has 1 aliphatic rings. The largest absolute Gasteiger partial charge is 0.358 e. The zero-order valence-electron chi connectivity index (χ0n) is 13.6. The second-order valence-corrected chi connectivity index (χ2v) is 7.04. The number of likely N-dealkylation sites (N-methyl/N-ethyl adjacent to an activating group) is 1. The molecule has 0 fully saturated rings. The predicted molar refractivity (Wildman–Crippen MR) is 101 cm³/mol. The highest BCUT2D eigenvalue weighted by molar-refractivity contribution is 6.35. The number of benzene rings is 2. The topological polar surface area (TPSA) is 56.9 Å². The average Bonchev–Trinajstić information content (AvgIpc) is 2.99. The molecular formula is C19H17Cl2N3O. The lowest BCUT2D eigenvalue weighted by Crippen LogP contribution is -2.49. The number of amides is 1. The quantitative estimate of drug-likeness (QED) is 0.639. The average molecular weight is 374 g/mol. The van der Waals surface area contributed by atoms with Crippen LogP contribution in [0.4, 0.5) is 0 Å². The van der Waals surface area contributed by atoms with Crippen molar-refractivity contribution >= 4 is 40.0 Å². The van der Waals surface area contributed by atoms with E-state index < -0.39 is 0 Å². The Morgan fingerprint density at radius 1 is 1.20 bits per heavy atom. The molecule has 3 N–H and O–H groups in total. The van der Waals surface area contributed by atoms with E-state index in [0.717, 1.165) is 27.7 Å². The van der Waals surface area contributed by atoms with Crippen LogP contribution in [0.2, 0.25) is 10.0 Å². The summed E-state index contributed by atoms with van der Waals surface area (Å²) in [6.07, 6.45) is 0.626. The second kappa shape index (κ2) is 6.37. The zero-order valence-corrected chi connectivity index (χ0v) is 15.1. The number of hydrogen-bond donors (Lipinski definition) is 3. The predicted octanol–water partition coefficient (Wildman–Crippen LogP) is 3.82. The minimum Gasteiger partial charge on any atom is -0.358 e. The fraction of sp³-hybridized carbons (Fsp3) is 0.211. The first kappa shape index (κ1) is 16.5. The van der Waals surface area contributed by atoms with Gasteiger partial charge in [-0.2, -0.15) is 0 Å². The van der Waals surface area contributed by atoms with Gasteiger partial charge in [0.05, 0.1) is 12.1 Å². The summed E-state index contributed by atoms with van der Waals surface area (Å²) in [5.41, 5.74) is 4.15. The van der Waals surface area contributed by atoms with Crippen LogP contribution >= 0.6 is 23.2 Å². The highest BCUT2D eigenvalue weighted by Crippen LogP contribution is 2.38. The minimum absolute atomic E-state index is 0.0361. The molecule has 25 heavy (non-hydrogen) atoms. The molecule has 0 radical (unpaired) electrons. The van der Waals surface area contributed by atoms with Gasteiger partial charge in [0.2, 0.25) is 5.91 Å². The summed E-state index contributed by atoms with van der Waals surface area (Å²) >= 11 is 12.5. The molecule has 3 aromatic rings. The first-order valence-electron chi connectivity index (χ1n) is 8.10. The third kappa shape index (κ3) is 2.80. The first-order chi connectivity index (χ1) is 12.1. The number of aromatic nitrogens is 1. The Bertz CT molecular complexity index is 966. The lowest BCUT2D eigenvalue weighted by molar-refractivity contribution is -0.122. The third-order valence-electron chi connectivity index (χ3n) is 4.75. The maximum Gasteiger partial charge on any atom is 0.237 e. The minimum atomic E-state index is -0.326. The Morgan fingerprint density at radius 3 is 2.76 bits per heavy atom. The number of para-hydroxylation sites is 1. The third-order valence-corrected chi connectivity index (χ3v) is 5.31. The molecular weight excluding hydrogens is 357 g/mol. The molecule has 4 nitrogen and oxygen atoms in total. The maximum atomic E-state index is 12.3. The number of carbonyl (C=O) groups is 1. The van der Waals surface area contributed by atoms with Crippen molar-refractivity contribution in [3.63, 3.8) is 0 Å². The van der Waals surface area contributed by atoms with Crippen LogP contribution in [0.15, 0.2) is 42.5 Å². The van der Waals surface area contributed by atoms with Crippen molar-refractivity contribution in [2.45, 2.75) is 18.5 Å². The van der Waals surface area contributed by atoms with Gasteiger partial charge in [-0.15, -0.1) is 0 Å². The van der Waals surface area contributed by atoms with Gasteiger partial charge in [0.25, 0.3) is 0 Å². The van der Waals surface area contributed by atoms with Crippen molar-refractivity contribution < 1.29 is 4.79 Å². The van der Waals surface area contributed by atoms with Crippen LogP contribution in [0, 0.1) is 0 Å². The van der Waals surface area contributed by atoms with E-state index in [-0.39, 0.29) is 18.0 Å². The Balaban J connectivity index is 1.90. The molecule has 2 atom stereocenters. The zero-order chi connectivity index (χ0) is 17.6. The van der Waals surface area contributed by atoms with Crippen LogP contribution in [-0.2, 0) is 11.2 Å². The lowest BCUT2D eigenvalue weighted by atomic mass is 9.90. The summed E-state index contributed by atoms with van der Waals surface area (Å²) in [5.74, 6) is -0.0361. The number of halogens is 2. The molecule has 6 heteroatoms. The Labute approximate surface area is 155 Å². The van der Waals surface area contributed by atoms with Crippen molar-refractivity contribution in [3.8, 4) is 0 Å². The fourth-order valence-corrected chi connectivity index (χ4v) is 4.08. The molecule has 4 rings (SSSR count). The standard InChI is InChI=1S/C19H17Cl2N3O/c1-22-19(25)16-9-13-11-4-2-3-5-15(11)23-18(13)17(24-16)12-7-6-10(20)8-14(12)21/h2-8,16-17,23-24H,9H2,1H3,(H,22,25)/t16-,17-/m0/s1. The summed E-state index contributed by atoms with van der Waals surface area (Å²) in [6, 6.07) is 13.1. The van der Waals surface area contributed by atoms with E-state index >= 15 is 0 Å². The van der Waals surface area contributed by atoms with E-state index in [0.29, 0.717) is 16.5 Å². The van der Waals surface area contributed by atoms with Crippen molar-refractivity contribution in [2.24, 2.45) is 0 Å². The van der Waals surface area contributed by atoms with E-state index in [1.807, 2.05) is 30.3 Å². The van der Waals surface area contributed by atoms with Crippen molar-refractivity contribution in [1.82, 2.24) is 15.6 Å². The van der Waals surface area contributed by atoms with Gasteiger partial charge in [-0.25, -0.2) is 0 Å². The molecule has 128 valence electrons. The molecule has 0 spiro atoms. The normalized spacial score (nSPS) is 19.6. The molecule has 2 aromatic carbocycles. The first-order valence-corrected chi connectivity index (χ1v) is 8.86. The van der Waals surface area contributed by atoms with Crippen LogP contribution in [0.1, 0.15) is 22.9 Å². The van der Waals surface area contributed by atoms with E-state index in [9.17, 15) is 4.79 Å². The Kier molecular flexibility index (Phi) is 4.20. The summed E-state index contributed by atoms with van der Waals surface area (Å²) in [4.78, 5) is 15.8. The van der Waals surface area contributed by atoms with E-state index in [1.54, 1.807) is 13.1 Å². The van der Waals surface area contributed by atoms with Gasteiger partial charge < -0.3 is 10.3 Å². The molecule has 0 saturated heterocycles. The van der Waals surface area contributed by atoms with Crippen LogP contribution in [-0.4, -0.2) is 24.0 Å². The van der Waals surface area contributed by atoms with Crippen LogP contribution in [0.3, 0.4) is 0 Å². The summed E-state index contributed by atoms with van der Waals surface area (Å²) in [5, 5.41) is 8.47. The smallest absolute Gasteiger partial charge is 0.237 e. The number of carbonyl (C=O) groups excluding carboxylic acids is 1. The maximum absolute atomic E-state index is 12.3. The van der Waals surface area contributed by atoms with Gasteiger partial charge in [-0.3, -0.25) is 10.1 Å². The molecule has 0 saturated carbocycles. The molecule has 0 bridgehead atoms. The van der Waals surface area contributed by atoms with Crippen LogP contribution < -0.4 is 10.6 Å². The summed E-state index contributed by atoms with van der Waals surface area (Å²) in [7, 11) is 1.65. The Hall–Kier alpha value is -2.01. The molecule has 2 heterocycles. The molecule has 1 amide bonds. The number of rotatable bonds is 2. The van der Waals surface area contributed by atoms with Crippen LogP contribution in [0.5, 0.6) is 0 Å². The fourth-order valence-electron chi connectivity index (χ4n) is 3.56. The molecule has 0 unspecified atom stereocenters. The van der Waals surface area contributed by atoms with Crippen LogP contribution in [0.25, 0.3) is 10.9 Å². The van der Waals surface area contributed by atoms with Gasteiger partial charge in [0, 0.05) is 33.7 Å². The number of fused-ring (bicyclic) bond motifs is 3. The highest BCUT2D eigenvalue weighted by Gasteiger charge is 2.34. The van der Waals surface area contributed by atoms with E-state index in [4.69, 9.17) is 23.2 Å². The monoisotopic (exact) mass is 373 g/mol. The second-order valence-electron chi connectivity index (χ2n) is 6.20. The molecule has 1 aromatic heterocycles. The number of nitrogens with one attached hydrogen (secondary N) is 3. The summed E-state index contributed by atoms with van der Waals surface area (Å²) < 4.78 is 0. The molecule has 0 aliphatic carbocycles. The SMILES string of the molecule is CNC(=O)[C@@H]1Cc2c([nH]c3ccccc23)[C@H](c2ccc(Cl)cc2Cl)N1. The van der Waals surface area contributed by atoms with Crippen molar-refractivity contribution in [1.29, 1.82) is 0 Å². The van der Waals surface area contributed by atoms with Gasteiger partial charge in [0.1, 0.15) is 0 Å². The lowest BCUT2D eigenvalue weighted by Gasteiger charge is -2.31. The number of hydrogen-bond acceptors (Lipinski definition) is 2. The highest BCUT2D eigenvalue weighted by atomic mass is 35.5. The van der Waals surface area contributed by atoms with Crippen molar-refractivity contribution in [2.75, 3.05) is 7.05 Å². The van der Waals surface area contributed by atoms with Gasteiger partial charge >= 0.3 is 0 Å². The van der Waals surface area contributed by atoms with Gasteiger partial charge in [-0.1, -0.05) is 47.5 Å².